The van der Waals surface area contributed by atoms with Crippen LogP contribution in [0.5, 0.6) is 5.75 Å². The zero-order valence-corrected chi connectivity index (χ0v) is 17.3. The van der Waals surface area contributed by atoms with Crippen molar-refractivity contribution < 1.29 is 14.3 Å². The van der Waals surface area contributed by atoms with E-state index >= 15 is 0 Å². The Balaban J connectivity index is 1.65. The highest BCUT2D eigenvalue weighted by atomic mass is 16.5. The van der Waals surface area contributed by atoms with Crippen molar-refractivity contribution in [3.63, 3.8) is 0 Å². The molecule has 2 aliphatic rings. The standard InChI is InChI=1S/C24H30N2O3/c1-18-16-20(28-2)10-11-21(18)24(27)26-14-15-29-22(17-25-12-6-7-13-25)23(26)19-8-4-3-5-9-19/h3-5,8-11,16,22-23H,6-7,12-15,17H2,1-2H3/t22-,23-/m0/s1. The average molecular weight is 395 g/mol. The first-order valence-electron chi connectivity index (χ1n) is 10.5. The zero-order valence-electron chi connectivity index (χ0n) is 17.3. The van der Waals surface area contributed by atoms with Gasteiger partial charge in [0.2, 0.25) is 0 Å². The fraction of sp³-hybridized carbons (Fsp3) is 0.458. The van der Waals surface area contributed by atoms with Gasteiger partial charge in [0, 0.05) is 18.7 Å². The highest BCUT2D eigenvalue weighted by Crippen LogP contribution is 2.33. The summed E-state index contributed by atoms with van der Waals surface area (Å²) in [5.41, 5.74) is 2.80. The van der Waals surface area contributed by atoms with E-state index in [0.29, 0.717) is 13.2 Å². The maximum absolute atomic E-state index is 13.6. The minimum atomic E-state index is -0.0837. The van der Waals surface area contributed by atoms with Crippen molar-refractivity contribution in [3.05, 3.63) is 65.2 Å². The molecule has 29 heavy (non-hydrogen) atoms. The van der Waals surface area contributed by atoms with Crippen molar-refractivity contribution in [2.45, 2.75) is 31.9 Å². The molecule has 0 aromatic heterocycles. The zero-order chi connectivity index (χ0) is 20.2. The number of hydrogen-bond donors (Lipinski definition) is 0. The first-order valence-corrected chi connectivity index (χ1v) is 10.5. The number of carbonyl (C=O) groups is 1. The van der Waals surface area contributed by atoms with Gasteiger partial charge in [0.05, 0.1) is 25.9 Å². The Morgan fingerprint density at radius 3 is 2.55 bits per heavy atom. The van der Waals surface area contributed by atoms with E-state index in [1.807, 2.05) is 48.2 Å². The van der Waals surface area contributed by atoms with Gasteiger partial charge in [0.1, 0.15) is 5.75 Å². The van der Waals surface area contributed by atoms with Gasteiger partial charge >= 0.3 is 0 Å². The molecular formula is C24H30N2O3. The van der Waals surface area contributed by atoms with Crippen molar-refractivity contribution >= 4 is 5.91 Å². The summed E-state index contributed by atoms with van der Waals surface area (Å²) in [6.45, 7) is 6.24. The van der Waals surface area contributed by atoms with E-state index in [1.54, 1.807) is 7.11 Å². The normalized spacial score (nSPS) is 22.6. The summed E-state index contributed by atoms with van der Waals surface area (Å²) in [5, 5.41) is 0. The van der Waals surface area contributed by atoms with Crippen LogP contribution < -0.4 is 4.74 Å². The van der Waals surface area contributed by atoms with Crippen LogP contribution in [-0.4, -0.2) is 61.7 Å². The van der Waals surface area contributed by atoms with Crippen LogP contribution in [0.4, 0.5) is 0 Å². The molecule has 2 saturated heterocycles. The van der Waals surface area contributed by atoms with E-state index < -0.39 is 0 Å². The molecule has 5 nitrogen and oxygen atoms in total. The number of nitrogens with zero attached hydrogens (tertiary/aromatic N) is 2. The van der Waals surface area contributed by atoms with Crippen LogP contribution in [0.3, 0.4) is 0 Å². The summed E-state index contributed by atoms with van der Waals surface area (Å²) < 4.78 is 11.5. The number of likely N-dealkylation sites (tertiary alicyclic amines) is 1. The third kappa shape index (κ3) is 4.31. The quantitative estimate of drug-likeness (QED) is 0.776. The van der Waals surface area contributed by atoms with E-state index in [4.69, 9.17) is 9.47 Å². The molecule has 0 unspecified atom stereocenters. The van der Waals surface area contributed by atoms with Gasteiger partial charge in [-0.1, -0.05) is 30.3 Å². The van der Waals surface area contributed by atoms with E-state index in [9.17, 15) is 4.79 Å². The lowest BCUT2D eigenvalue weighted by molar-refractivity contribution is -0.0707. The smallest absolute Gasteiger partial charge is 0.254 e. The summed E-state index contributed by atoms with van der Waals surface area (Å²) >= 11 is 0. The highest BCUT2D eigenvalue weighted by molar-refractivity contribution is 5.96. The molecule has 0 aliphatic carbocycles. The van der Waals surface area contributed by atoms with Gasteiger partial charge < -0.3 is 19.3 Å². The van der Waals surface area contributed by atoms with Gasteiger partial charge in [-0.15, -0.1) is 0 Å². The maximum atomic E-state index is 13.6. The molecule has 5 heteroatoms. The van der Waals surface area contributed by atoms with Crippen molar-refractivity contribution in [1.29, 1.82) is 0 Å². The lowest BCUT2D eigenvalue weighted by Crippen LogP contribution is -2.51. The van der Waals surface area contributed by atoms with Crippen LogP contribution in [0, 0.1) is 6.92 Å². The molecule has 2 fully saturated rings. The largest absolute Gasteiger partial charge is 0.497 e. The number of benzene rings is 2. The van der Waals surface area contributed by atoms with Gasteiger partial charge in [-0.3, -0.25) is 4.79 Å². The Hall–Kier alpha value is -2.37. The predicted octanol–water partition coefficient (Wildman–Crippen LogP) is 3.68. The molecule has 0 saturated carbocycles. The van der Waals surface area contributed by atoms with E-state index in [1.165, 1.54) is 12.8 Å². The van der Waals surface area contributed by atoms with Crippen LogP contribution in [0.15, 0.2) is 48.5 Å². The van der Waals surface area contributed by atoms with Crippen molar-refractivity contribution in [2.24, 2.45) is 0 Å². The Bertz CT molecular complexity index is 833. The number of hydrogen-bond acceptors (Lipinski definition) is 4. The van der Waals surface area contributed by atoms with Crippen molar-refractivity contribution in [2.75, 3.05) is 39.9 Å². The molecule has 0 radical (unpaired) electrons. The molecule has 1 amide bonds. The number of ether oxygens (including phenoxy) is 2. The lowest BCUT2D eigenvalue weighted by atomic mass is 9.96. The Labute approximate surface area is 173 Å². The second kappa shape index (κ2) is 8.97. The molecule has 2 aromatic carbocycles. The summed E-state index contributed by atoms with van der Waals surface area (Å²) in [6, 6.07) is 15.9. The Kier molecular flexibility index (Phi) is 6.16. The molecule has 4 rings (SSSR count). The van der Waals surface area contributed by atoms with Crippen LogP contribution in [0.1, 0.15) is 40.4 Å². The lowest BCUT2D eigenvalue weighted by Gasteiger charge is -2.43. The number of carbonyl (C=O) groups excluding carboxylic acids is 1. The first-order chi connectivity index (χ1) is 14.2. The van der Waals surface area contributed by atoms with Gasteiger partial charge in [-0.05, 0) is 62.2 Å². The SMILES string of the molecule is COc1ccc(C(=O)N2CCO[C@@H](CN3CCCC3)[C@@H]2c2ccccc2)c(C)c1. The van der Waals surface area contributed by atoms with E-state index in [0.717, 1.165) is 42.1 Å². The molecule has 2 aromatic rings. The first kappa shape index (κ1) is 19.9. The maximum Gasteiger partial charge on any atom is 0.254 e. The number of amides is 1. The number of morpholine rings is 1. The van der Waals surface area contributed by atoms with E-state index in [2.05, 4.69) is 17.0 Å². The predicted molar refractivity (Wildman–Crippen MR) is 113 cm³/mol. The molecule has 2 atom stereocenters. The van der Waals surface area contributed by atoms with Gasteiger partial charge in [0.25, 0.3) is 5.91 Å². The van der Waals surface area contributed by atoms with Crippen molar-refractivity contribution in [1.82, 2.24) is 9.80 Å². The average Bonchev–Trinajstić information content (AvgIpc) is 3.26. The Morgan fingerprint density at radius 2 is 1.86 bits per heavy atom. The van der Waals surface area contributed by atoms with Gasteiger partial charge in [-0.2, -0.15) is 0 Å². The summed E-state index contributed by atoms with van der Waals surface area (Å²) in [6.07, 6.45) is 2.47. The number of methoxy groups -OCH3 is 1. The Morgan fingerprint density at radius 1 is 1.10 bits per heavy atom. The van der Waals surface area contributed by atoms with Crippen LogP contribution in [-0.2, 0) is 4.74 Å². The van der Waals surface area contributed by atoms with Gasteiger partial charge in [-0.25, -0.2) is 0 Å². The molecule has 0 spiro atoms. The second-order valence-corrected chi connectivity index (χ2v) is 7.95. The molecule has 2 heterocycles. The molecule has 154 valence electrons. The number of aryl methyl sites for hydroxylation is 1. The van der Waals surface area contributed by atoms with Crippen LogP contribution >= 0.6 is 0 Å². The third-order valence-electron chi connectivity index (χ3n) is 6.05. The minimum absolute atomic E-state index is 0.0215. The summed E-state index contributed by atoms with van der Waals surface area (Å²) in [5.74, 6) is 0.835. The minimum Gasteiger partial charge on any atom is -0.497 e. The fourth-order valence-corrected chi connectivity index (χ4v) is 4.54. The summed E-state index contributed by atoms with van der Waals surface area (Å²) in [7, 11) is 1.65. The monoisotopic (exact) mass is 394 g/mol. The second-order valence-electron chi connectivity index (χ2n) is 7.95. The summed E-state index contributed by atoms with van der Waals surface area (Å²) in [4.78, 5) is 18.1. The molecule has 2 aliphatic heterocycles. The number of rotatable bonds is 5. The third-order valence-corrected chi connectivity index (χ3v) is 6.05. The topological polar surface area (TPSA) is 42.0 Å². The van der Waals surface area contributed by atoms with E-state index in [-0.39, 0.29) is 18.1 Å². The molecular weight excluding hydrogens is 364 g/mol. The van der Waals surface area contributed by atoms with Crippen LogP contribution in [0.25, 0.3) is 0 Å². The van der Waals surface area contributed by atoms with Crippen molar-refractivity contribution in [3.8, 4) is 5.75 Å². The fourth-order valence-electron chi connectivity index (χ4n) is 4.54. The highest BCUT2D eigenvalue weighted by Gasteiger charge is 2.38. The van der Waals surface area contributed by atoms with Crippen LogP contribution in [0.2, 0.25) is 0 Å². The molecule has 0 bridgehead atoms. The molecule has 0 N–H and O–H groups in total. The van der Waals surface area contributed by atoms with Gasteiger partial charge in [0.15, 0.2) is 0 Å².